The Morgan fingerprint density at radius 3 is 3.00 bits per heavy atom. The molecule has 2 rings (SSSR count). The normalized spacial score (nSPS) is 9.83. The van der Waals surface area contributed by atoms with E-state index in [9.17, 15) is 9.18 Å². The van der Waals surface area contributed by atoms with Gasteiger partial charge in [-0.15, -0.1) is 5.10 Å². The van der Waals surface area contributed by atoms with Crippen molar-refractivity contribution in [1.82, 2.24) is 14.9 Å². The highest BCUT2D eigenvalue weighted by atomic mass is 32.1. The van der Waals surface area contributed by atoms with E-state index in [0.717, 1.165) is 24.4 Å². The second-order valence-corrected chi connectivity index (χ2v) is 5.31. The molecular formula is C16H16FN3O2S. The number of carbonyl (C=O) groups excluding carboxylic acids is 1. The molecule has 0 aliphatic rings. The van der Waals surface area contributed by atoms with Crippen molar-refractivity contribution in [3.05, 3.63) is 40.7 Å². The van der Waals surface area contributed by atoms with Gasteiger partial charge in [0.25, 0.3) is 5.91 Å². The average molecular weight is 333 g/mol. The molecule has 0 aliphatic heterocycles. The highest BCUT2D eigenvalue weighted by molar-refractivity contribution is 7.08. The van der Waals surface area contributed by atoms with Crippen LogP contribution in [-0.4, -0.2) is 28.6 Å². The average Bonchev–Trinajstić information content (AvgIpc) is 3.01. The van der Waals surface area contributed by atoms with E-state index in [2.05, 4.69) is 26.7 Å². The van der Waals surface area contributed by atoms with Crippen molar-refractivity contribution in [2.75, 3.05) is 13.2 Å². The standard InChI is InChI=1S/C16H16FN3O2S/c1-2-7-13-15(23-20-19-13)16(21)18-10-5-6-11-22-14-9-4-3-8-12(14)17/h3-4,8-9H,2,7,10-11H2,1H3,(H,18,21). The summed E-state index contributed by atoms with van der Waals surface area (Å²) in [7, 11) is 0. The molecule has 1 aromatic carbocycles. The van der Waals surface area contributed by atoms with Gasteiger partial charge in [0.1, 0.15) is 11.5 Å². The van der Waals surface area contributed by atoms with Crippen molar-refractivity contribution in [1.29, 1.82) is 0 Å². The largest absolute Gasteiger partial charge is 0.478 e. The molecule has 2 aromatic rings. The van der Waals surface area contributed by atoms with Crippen LogP contribution in [0.5, 0.6) is 5.75 Å². The molecule has 23 heavy (non-hydrogen) atoms. The summed E-state index contributed by atoms with van der Waals surface area (Å²) in [6.45, 7) is 2.25. The predicted molar refractivity (Wildman–Crippen MR) is 85.9 cm³/mol. The number of carbonyl (C=O) groups is 1. The predicted octanol–water partition coefficient (Wildman–Crippen LogP) is 2.44. The van der Waals surface area contributed by atoms with Crippen LogP contribution < -0.4 is 10.1 Å². The zero-order valence-corrected chi connectivity index (χ0v) is 13.5. The fraction of sp³-hybridized carbons (Fsp3) is 0.312. The van der Waals surface area contributed by atoms with E-state index < -0.39 is 5.82 Å². The van der Waals surface area contributed by atoms with Gasteiger partial charge < -0.3 is 10.1 Å². The molecular weight excluding hydrogens is 317 g/mol. The Kier molecular flexibility index (Phi) is 6.51. The smallest absolute Gasteiger partial charge is 0.265 e. The molecule has 0 bridgehead atoms. The van der Waals surface area contributed by atoms with Gasteiger partial charge in [0.05, 0.1) is 12.2 Å². The molecule has 0 radical (unpaired) electrons. The minimum atomic E-state index is -0.427. The van der Waals surface area contributed by atoms with Crippen LogP contribution in [0.4, 0.5) is 4.39 Å². The third-order valence-corrected chi connectivity index (χ3v) is 3.61. The minimum Gasteiger partial charge on any atom is -0.478 e. The number of aromatic nitrogens is 2. The molecule has 1 heterocycles. The number of halogens is 1. The Morgan fingerprint density at radius 2 is 2.22 bits per heavy atom. The van der Waals surface area contributed by atoms with Gasteiger partial charge in [-0.1, -0.05) is 41.8 Å². The summed E-state index contributed by atoms with van der Waals surface area (Å²) >= 11 is 1.08. The molecule has 1 aromatic heterocycles. The molecule has 0 aliphatic carbocycles. The number of aryl methyl sites for hydroxylation is 1. The van der Waals surface area contributed by atoms with E-state index in [1.54, 1.807) is 12.1 Å². The molecule has 0 fully saturated rings. The van der Waals surface area contributed by atoms with E-state index in [-0.39, 0.29) is 24.8 Å². The van der Waals surface area contributed by atoms with Crippen molar-refractivity contribution in [3.63, 3.8) is 0 Å². The lowest BCUT2D eigenvalue weighted by Gasteiger charge is -2.02. The number of para-hydroxylation sites is 1. The number of hydrogen-bond acceptors (Lipinski definition) is 5. The maximum Gasteiger partial charge on any atom is 0.265 e. The number of nitrogens with zero attached hydrogens (tertiary/aromatic N) is 2. The van der Waals surface area contributed by atoms with Gasteiger partial charge >= 0.3 is 0 Å². The second kappa shape index (κ2) is 8.86. The van der Waals surface area contributed by atoms with E-state index in [4.69, 9.17) is 4.74 Å². The van der Waals surface area contributed by atoms with Crippen LogP contribution in [-0.2, 0) is 6.42 Å². The van der Waals surface area contributed by atoms with Crippen molar-refractivity contribution in [2.45, 2.75) is 19.8 Å². The molecule has 0 spiro atoms. The molecule has 7 heteroatoms. The zero-order valence-electron chi connectivity index (χ0n) is 12.6. The first-order valence-corrected chi connectivity index (χ1v) is 7.92. The van der Waals surface area contributed by atoms with Crippen LogP contribution in [0.3, 0.4) is 0 Å². The quantitative estimate of drug-likeness (QED) is 0.825. The van der Waals surface area contributed by atoms with Gasteiger partial charge in [-0.05, 0) is 30.1 Å². The molecule has 120 valence electrons. The van der Waals surface area contributed by atoms with E-state index >= 15 is 0 Å². The van der Waals surface area contributed by atoms with Crippen LogP contribution in [0.2, 0.25) is 0 Å². The monoisotopic (exact) mass is 333 g/mol. The van der Waals surface area contributed by atoms with Crippen molar-refractivity contribution in [2.24, 2.45) is 0 Å². The molecule has 0 unspecified atom stereocenters. The molecule has 0 saturated carbocycles. The third kappa shape index (κ3) is 5.04. The van der Waals surface area contributed by atoms with Crippen LogP contribution in [0.25, 0.3) is 0 Å². The highest BCUT2D eigenvalue weighted by Gasteiger charge is 2.14. The van der Waals surface area contributed by atoms with E-state index in [0.29, 0.717) is 10.6 Å². The van der Waals surface area contributed by atoms with E-state index in [1.165, 1.54) is 12.1 Å². The summed E-state index contributed by atoms with van der Waals surface area (Å²) in [6, 6.07) is 6.12. The summed E-state index contributed by atoms with van der Waals surface area (Å²) in [5, 5.41) is 6.62. The maximum absolute atomic E-state index is 13.3. The van der Waals surface area contributed by atoms with Crippen LogP contribution in [0, 0.1) is 17.7 Å². The molecule has 0 atom stereocenters. The fourth-order valence-corrected chi connectivity index (χ4v) is 2.40. The summed E-state index contributed by atoms with van der Waals surface area (Å²) < 4.78 is 22.3. The Balaban J connectivity index is 1.76. The first-order chi connectivity index (χ1) is 11.2. The first kappa shape index (κ1) is 16.9. The van der Waals surface area contributed by atoms with Gasteiger partial charge in [-0.2, -0.15) is 0 Å². The lowest BCUT2D eigenvalue weighted by molar-refractivity contribution is 0.0961. The lowest BCUT2D eigenvalue weighted by atomic mass is 10.2. The van der Waals surface area contributed by atoms with Gasteiger partial charge in [0.15, 0.2) is 11.6 Å². The highest BCUT2D eigenvalue weighted by Crippen LogP contribution is 2.14. The van der Waals surface area contributed by atoms with Gasteiger partial charge in [0, 0.05) is 0 Å². The fourth-order valence-electron chi connectivity index (χ4n) is 1.78. The van der Waals surface area contributed by atoms with Gasteiger partial charge in [0.2, 0.25) is 0 Å². The topological polar surface area (TPSA) is 64.1 Å². The molecule has 1 amide bonds. The number of rotatable bonds is 6. The second-order valence-electron chi connectivity index (χ2n) is 4.55. The van der Waals surface area contributed by atoms with Gasteiger partial charge in [-0.3, -0.25) is 4.79 Å². The van der Waals surface area contributed by atoms with E-state index in [1.807, 2.05) is 6.92 Å². The number of nitrogens with one attached hydrogen (secondary N) is 1. The molecule has 0 saturated heterocycles. The van der Waals surface area contributed by atoms with Crippen LogP contribution in [0.15, 0.2) is 24.3 Å². The first-order valence-electron chi connectivity index (χ1n) is 7.14. The molecule has 1 N–H and O–H groups in total. The number of amides is 1. The minimum absolute atomic E-state index is 0.0556. The lowest BCUT2D eigenvalue weighted by Crippen LogP contribution is -2.23. The SMILES string of the molecule is CCCc1nnsc1C(=O)NCC#CCOc1ccccc1F. The van der Waals surface area contributed by atoms with Crippen molar-refractivity contribution >= 4 is 17.4 Å². The third-order valence-electron chi connectivity index (χ3n) is 2.85. The van der Waals surface area contributed by atoms with Crippen molar-refractivity contribution in [3.8, 4) is 17.6 Å². The van der Waals surface area contributed by atoms with Crippen LogP contribution in [0.1, 0.15) is 28.7 Å². The van der Waals surface area contributed by atoms with Gasteiger partial charge in [-0.25, -0.2) is 4.39 Å². The summed E-state index contributed by atoms with van der Waals surface area (Å²) in [4.78, 5) is 12.5. The Hall–Kier alpha value is -2.46. The number of hydrogen-bond donors (Lipinski definition) is 1. The van der Waals surface area contributed by atoms with Crippen LogP contribution >= 0.6 is 11.5 Å². The zero-order chi connectivity index (χ0) is 16.5. The summed E-state index contributed by atoms with van der Waals surface area (Å²) in [6.07, 6.45) is 1.63. The Morgan fingerprint density at radius 1 is 1.39 bits per heavy atom. The van der Waals surface area contributed by atoms with Crippen molar-refractivity contribution < 1.29 is 13.9 Å². The maximum atomic E-state index is 13.3. The summed E-state index contributed by atoms with van der Waals surface area (Å²) in [5.74, 6) is 4.98. The Bertz CT molecular complexity index is 721. The summed E-state index contributed by atoms with van der Waals surface area (Å²) in [5.41, 5.74) is 0.714. The number of benzene rings is 1. The number of ether oxygens (including phenoxy) is 1. The Labute approximate surface area is 138 Å². The molecule has 5 nitrogen and oxygen atoms in total.